The Morgan fingerprint density at radius 2 is 1.90 bits per heavy atom. The van der Waals surface area contributed by atoms with Crippen LogP contribution in [0.2, 0.25) is 5.02 Å². The van der Waals surface area contributed by atoms with Crippen molar-refractivity contribution in [1.29, 1.82) is 0 Å². The van der Waals surface area contributed by atoms with E-state index in [2.05, 4.69) is 0 Å². The van der Waals surface area contributed by atoms with Crippen LogP contribution < -0.4 is 0 Å². The van der Waals surface area contributed by atoms with E-state index in [1.165, 1.54) is 0 Å². The van der Waals surface area contributed by atoms with Crippen LogP contribution in [0.5, 0.6) is 0 Å². The molecule has 0 atom stereocenters. The Labute approximate surface area is 131 Å². The number of benzene rings is 1. The topological polar surface area (TPSA) is 29.5 Å². The molecule has 21 heavy (non-hydrogen) atoms. The van der Waals surface area contributed by atoms with Gasteiger partial charge in [0.15, 0.2) is 0 Å². The molecule has 0 radical (unpaired) electrons. The molecule has 0 bridgehead atoms. The van der Waals surface area contributed by atoms with Crippen LogP contribution in [0.25, 0.3) is 0 Å². The van der Waals surface area contributed by atoms with E-state index in [4.69, 9.17) is 16.3 Å². The number of morpholine rings is 1. The predicted molar refractivity (Wildman–Crippen MR) is 83.6 cm³/mol. The lowest BCUT2D eigenvalue weighted by Crippen LogP contribution is -2.57. The molecule has 1 heterocycles. The number of ether oxygens (including phenoxy) is 1. The van der Waals surface area contributed by atoms with Gasteiger partial charge in [-0.1, -0.05) is 30.2 Å². The molecule has 1 aliphatic heterocycles. The monoisotopic (exact) mass is 307 g/mol. The zero-order valence-corrected chi connectivity index (χ0v) is 13.4. The molecule has 0 N–H and O–H groups in total. The summed E-state index contributed by atoms with van der Waals surface area (Å²) in [4.78, 5) is 15.1. The van der Waals surface area contributed by atoms with Crippen LogP contribution in [0.1, 0.15) is 38.7 Å². The number of amides is 1. The van der Waals surface area contributed by atoms with Crippen molar-refractivity contribution in [3.63, 3.8) is 0 Å². The van der Waals surface area contributed by atoms with Crippen LogP contribution in [0, 0.1) is 0 Å². The summed E-state index contributed by atoms with van der Waals surface area (Å²) in [5.41, 5.74) is 0.518. The van der Waals surface area contributed by atoms with Gasteiger partial charge in [0.25, 0.3) is 0 Å². The number of hydrogen-bond acceptors (Lipinski definition) is 2. The number of carbonyl (C=O) groups is 1. The van der Waals surface area contributed by atoms with E-state index >= 15 is 0 Å². The maximum atomic E-state index is 13.1. The first-order chi connectivity index (χ1) is 9.93. The Morgan fingerprint density at radius 1 is 1.24 bits per heavy atom. The number of hydrogen-bond donors (Lipinski definition) is 0. The third-order valence-electron chi connectivity index (χ3n) is 4.73. The van der Waals surface area contributed by atoms with Gasteiger partial charge in [-0.15, -0.1) is 0 Å². The molecule has 1 aromatic carbocycles. The molecular weight excluding hydrogens is 286 g/mol. The lowest BCUT2D eigenvalue weighted by atomic mass is 9.63. The second kappa shape index (κ2) is 5.29. The third-order valence-corrected chi connectivity index (χ3v) is 4.98. The molecule has 0 unspecified atom stereocenters. The Hall–Kier alpha value is -1.06. The van der Waals surface area contributed by atoms with Gasteiger partial charge in [0, 0.05) is 18.1 Å². The summed E-state index contributed by atoms with van der Waals surface area (Å²) in [6.07, 6.45) is 2.98. The number of halogens is 1. The minimum Gasteiger partial charge on any atom is -0.372 e. The molecule has 0 spiro atoms. The Morgan fingerprint density at radius 3 is 2.43 bits per heavy atom. The van der Waals surface area contributed by atoms with E-state index in [1.807, 2.05) is 43.0 Å². The molecule has 1 saturated carbocycles. The van der Waals surface area contributed by atoms with Crippen LogP contribution in [-0.4, -0.2) is 36.1 Å². The van der Waals surface area contributed by atoms with Crippen LogP contribution in [0.3, 0.4) is 0 Å². The minimum absolute atomic E-state index is 0.251. The zero-order chi connectivity index (χ0) is 15.1. The summed E-state index contributed by atoms with van der Waals surface area (Å²) in [7, 11) is 0. The Kier molecular flexibility index (Phi) is 3.74. The second-order valence-corrected chi connectivity index (χ2v) is 7.21. The van der Waals surface area contributed by atoms with Crippen molar-refractivity contribution in [2.24, 2.45) is 0 Å². The van der Waals surface area contributed by atoms with Gasteiger partial charge in [0.2, 0.25) is 5.91 Å². The summed E-state index contributed by atoms with van der Waals surface area (Å²) < 4.78 is 5.72. The van der Waals surface area contributed by atoms with Gasteiger partial charge >= 0.3 is 0 Å². The lowest BCUT2D eigenvalue weighted by Gasteiger charge is -2.47. The van der Waals surface area contributed by atoms with Crippen molar-refractivity contribution < 1.29 is 9.53 Å². The molecule has 2 fully saturated rings. The van der Waals surface area contributed by atoms with Crippen molar-refractivity contribution >= 4 is 17.5 Å². The molecule has 1 aliphatic carbocycles. The average molecular weight is 308 g/mol. The van der Waals surface area contributed by atoms with Crippen LogP contribution in [0.4, 0.5) is 0 Å². The smallest absolute Gasteiger partial charge is 0.233 e. The summed E-state index contributed by atoms with van der Waals surface area (Å²) >= 11 is 5.98. The molecule has 3 nitrogen and oxygen atoms in total. The molecule has 4 heteroatoms. The van der Waals surface area contributed by atoms with Gasteiger partial charge in [-0.05, 0) is 44.4 Å². The molecule has 1 amide bonds. The van der Waals surface area contributed by atoms with Gasteiger partial charge in [0.05, 0.1) is 17.6 Å². The van der Waals surface area contributed by atoms with Crippen molar-refractivity contribution in [2.75, 3.05) is 19.7 Å². The first-order valence-electron chi connectivity index (χ1n) is 7.62. The SMILES string of the molecule is CC1(C)CN(C(=O)C2(c3ccc(Cl)cc3)CCC2)CCO1. The fraction of sp³-hybridized carbons (Fsp3) is 0.588. The first kappa shape index (κ1) is 14.9. The number of nitrogens with zero attached hydrogens (tertiary/aromatic N) is 1. The maximum Gasteiger partial charge on any atom is 0.233 e. The van der Waals surface area contributed by atoms with E-state index < -0.39 is 0 Å². The molecule has 114 valence electrons. The van der Waals surface area contributed by atoms with Crippen LogP contribution in [0.15, 0.2) is 24.3 Å². The van der Waals surface area contributed by atoms with Gasteiger partial charge in [-0.2, -0.15) is 0 Å². The fourth-order valence-corrected chi connectivity index (χ4v) is 3.54. The highest BCUT2D eigenvalue weighted by Gasteiger charge is 2.48. The first-order valence-corrected chi connectivity index (χ1v) is 8.00. The second-order valence-electron chi connectivity index (χ2n) is 6.78. The molecule has 1 aromatic rings. The third kappa shape index (κ3) is 2.69. The fourth-order valence-electron chi connectivity index (χ4n) is 3.42. The summed E-state index contributed by atoms with van der Waals surface area (Å²) in [6.45, 7) is 6.07. The van der Waals surface area contributed by atoms with Crippen LogP contribution in [-0.2, 0) is 14.9 Å². The van der Waals surface area contributed by atoms with E-state index in [1.54, 1.807) is 0 Å². The van der Waals surface area contributed by atoms with E-state index in [9.17, 15) is 4.79 Å². The highest BCUT2D eigenvalue weighted by Crippen LogP contribution is 2.45. The van der Waals surface area contributed by atoms with Gasteiger partial charge < -0.3 is 9.64 Å². The molecule has 0 aromatic heterocycles. The van der Waals surface area contributed by atoms with Gasteiger partial charge in [0.1, 0.15) is 0 Å². The molecule has 2 aliphatic rings. The highest BCUT2D eigenvalue weighted by atomic mass is 35.5. The normalized spacial score (nSPS) is 23.5. The van der Waals surface area contributed by atoms with Gasteiger partial charge in [-0.25, -0.2) is 0 Å². The standard InChI is InChI=1S/C17H22ClNO2/c1-16(2)12-19(10-11-21-16)15(20)17(8-3-9-17)13-4-6-14(18)7-5-13/h4-7H,3,8-12H2,1-2H3. The van der Waals surface area contributed by atoms with Crippen molar-refractivity contribution in [1.82, 2.24) is 4.90 Å². The molecule has 3 rings (SSSR count). The average Bonchev–Trinajstić information content (AvgIpc) is 2.38. The van der Waals surface area contributed by atoms with Crippen molar-refractivity contribution in [3.8, 4) is 0 Å². The van der Waals surface area contributed by atoms with Crippen LogP contribution >= 0.6 is 11.6 Å². The van der Waals surface area contributed by atoms with E-state index in [0.29, 0.717) is 24.7 Å². The van der Waals surface area contributed by atoms with Crippen molar-refractivity contribution in [2.45, 2.75) is 44.1 Å². The number of carbonyl (C=O) groups excluding carboxylic acids is 1. The van der Waals surface area contributed by atoms with E-state index in [-0.39, 0.29) is 16.9 Å². The maximum absolute atomic E-state index is 13.1. The largest absolute Gasteiger partial charge is 0.372 e. The highest BCUT2D eigenvalue weighted by molar-refractivity contribution is 6.30. The summed E-state index contributed by atoms with van der Waals surface area (Å²) in [5.74, 6) is 0.257. The Balaban J connectivity index is 1.85. The molecule has 1 saturated heterocycles. The van der Waals surface area contributed by atoms with Gasteiger partial charge in [-0.3, -0.25) is 4.79 Å². The van der Waals surface area contributed by atoms with E-state index in [0.717, 1.165) is 24.8 Å². The minimum atomic E-state index is -0.335. The zero-order valence-electron chi connectivity index (χ0n) is 12.7. The van der Waals surface area contributed by atoms with Crippen molar-refractivity contribution in [3.05, 3.63) is 34.9 Å². The predicted octanol–water partition coefficient (Wildman–Crippen LogP) is 3.40. The number of rotatable bonds is 2. The lowest BCUT2D eigenvalue weighted by molar-refractivity contribution is -0.155. The quantitative estimate of drug-likeness (QED) is 0.838. The summed E-state index contributed by atoms with van der Waals surface area (Å²) in [5, 5.41) is 0.716. The molecular formula is C17H22ClNO2. The Bertz CT molecular complexity index is 534. The summed E-state index contributed by atoms with van der Waals surface area (Å²) in [6, 6.07) is 7.77.